The van der Waals surface area contributed by atoms with Crippen LogP contribution in [0.15, 0.2) is 23.1 Å². The SMILES string of the molecule is COc1cc(N)ccc1SCC(N)C(N)=O. The Kier molecular flexibility index (Phi) is 4.45. The number of methoxy groups -OCH3 is 1. The van der Waals surface area contributed by atoms with Gasteiger partial charge >= 0.3 is 0 Å². The molecule has 0 aliphatic heterocycles. The van der Waals surface area contributed by atoms with Crippen LogP contribution >= 0.6 is 11.8 Å². The van der Waals surface area contributed by atoms with E-state index in [2.05, 4.69) is 0 Å². The van der Waals surface area contributed by atoms with Gasteiger partial charge in [-0.15, -0.1) is 11.8 Å². The third kappa shape index (κ3) is 3.32. The number of hydrogen-bond donors (Lipinski definition) is 3. The van der Waals surface area contributed by atoms with Crippen molar-refractivity contribution in [2.24, 2.45) is 11.5 Å². The maximum Gasteiger partial charge on any atom is 0.235 e. The van der Waals surface area contributed by atoms with Crippen LogP contribution in [0, 0.1) is 0 Å². The summed E-state index contributed by atoms with van der Waals surface area (Å²) in [5, 5.41) is 0. The predicted octanol–water partition coefficient (Wildman–Crippen LogP) is 0.182. The van der Waals surface area contributed by atoms with E-state index in [-0.39, 0.29) is 0 Å². The van der Waals surface area contributed by atoms with E-state index < -0.39 is 11.9 Å². The van der Waals surface area contributed by atoms with Gasteiger partial charge in [0, 0.05) is 22.4 Å². The van der Waals surface area contributed by atoms with Crippen molar-refractivity contribution in [2.45, 2.75) is 10.9 Å². The van der Waals surface area contributed by atoms with Crippen molar-refractivity contribution in [1.82, 2.24) is 0 Å². The van der Waals surface area contributed by atoms with E-state index in [9.17, 15) is 4.79 Å². The van der Waals surface area contributed by atoms with Crippen molar-refractivity contribution < 1.29 is 9.53 Å². The monoisotopic (exact) mass is 241 g/mol. The van der Waals surface area contributed by atoms with Crippen LogP contribution in [-0.2, 0) is 4.79 Å². The molecule has 0 spiro atoms. The first kappa shape index (κ1) is 12.7. The van der Waals surface area contributed by atoms with Gasteiger partial charge in [-0.1, -0.05) is 0 Å². The van der Waals surface area contributed by atoms with Crippen LogP contribution in [0.3, 0.4) is 0 Å². The molecular formula is C10H15N3O2S. The van der Waals surface area contributed by atoms with E-state index in [4.69, 9.17) is 21.9 Å². The maximum absolute atomic E-state index is 10.8. The molecule has 0 aliphatic carbocycles. The van der Waals surface area contributed by atoms with Gasteiger partial charge in [0.15, 0.2) is 0 Å². The zero-order chi connectivity index (χ0) is 12.1. The maximum atomic E-state index is 10.8. The average Bonchev–Trinajstić information content (AvgIpc) is 2.26. The van der Waals surface area contributed by atoms with Crippen molar-refractivity contribution >= 4 is 23.4 Å². The van der Waals surface area contributed by atoms with Crippen molar-refractivity contribution in [1.29, 1.82) is 0 Å². The first-order valence-corrected chi connectivity index (χ1v) is 5.64. The van der Waals surface area contributed by atoms with E-state index in [0.717, 1.165) is 4.90 Å². The smallest absolute Gasteiger partial charge is 0.235 e. The fourth-order valence-corrected chi connectivity index (χ4v) is 2.04. The van der Waals surface area contributed by atoms with Gasteiger partial charge < -0.3 is 21.9 Å². The molecule has 0 bridgehead atoms. The average molecular weight is 241 g/mol. The summed E-state index contributed by atoms with van der Waals surface area (Å²) in [7, 11) is 1.56. The lowest BCUT2D eigenvalue weighted by Crippen LogP contribution is -2.38. The van der Waals surface area contributed by atoms with E-state index in [0.29, 0.717) is 17.2 Å². The number of ether oxygens (including phenoxy) is 1. The van der Waals surface area contributed by atoms with Crippen LogP contribution < -0.4 is 21.9 Å². The van der Waals surface area contributed by atoms with Crippen molar-refractivity contribution in [3.8, 4) is 5.75 Å². The zero-order valence-corrected chi connectivity index (χ0v) is 9.79. The lowest BCUT2D eigenvalue weighted by Gasteiger charge is -2.10. The molecule has 0 radical (unpaired) electrons. The number of thioether (sulfide) groups is 1. The minimum Gasteiger partial charge on any atom is -0.496 e. The van der Waals surface area contributed by atoms with E-state index in [1.807, 2.05) is 6.07 Å². The van der Waals surface area contributed by atoms with E-state index in [1.165, 1.54) is 11.8 Å². The number of rotatable bonds is 5. The molecule has 0 aliphatic rings. The van der Waals surface area contributed by atoms with Crippen LogP contribution in [0.2, 0.25) is 0 Å². The number of nitrogens with two attached hydrogens (primary N) is 3. The predicted molar refractivity (Wildman–Crippen MR) is 65.3 cm³/mol. The molecule has 1 atom stereocenters. The molecular weight excluding hydrogens is 226 g/mol. The number of amides is 1. The normalized spacial score (nSPS) is 12.1. The third-order valence-corrected chi connectivity index (χ3v) is 3.15. The molecule has 0 aromatic heterocycles. The fourth-order valence-electron chi connectivity index (χ4n) is 1.07. The highest BCUT2D eigenvalue weighted by Crippen LogP contribution is 2.31. The van der Waals surface area contributed by atoms with Gasteiger partial charge in [0.1, 0.15) is 5.75 Å². The fraction of sp³-hybridized carbons (Fsp3) is 0.300. The molecule has 0 fully saturated rings. The van der Waals surface area contributed by atoms with Gasteiger partial charge in [-0.3, -0.25) is 4.79 Å². The summed E-state index contributed by atoms with van der Waals surface area (Å²) in [5.74, 6) is 0.568. The Labute approximate surface area is 98.3 Å². The molecule has 0 heterocycles. The Morgan fingerprint density at radius 1 is 1.56 bits per heavy atom. The molecule has 1 aromatic rings. The number of hydrogen-bond acceptors (Lipinski definition) is 5. The Morgan fingerprint density at radius 2 is 2.25 bits per heavy atom. The molecule has 1 rings (SSSR count). The number of nitrogen functional groups attached to an aromatic ring is 1. The summed E-state index contributed by atoms with van der Waals surface area (Å²) >= 11 is 1.41. The molecule has 1 aromatic carbocycles. The number of anilines is 1. The van der Waals surface area contributed by atoms with Crippen LogP contribution in [-0.4, -0.2) is 24.8 Å². The summed E-state index contributed by atoms with van der Waals surface area (Å²) in [5.41, 5.74) is 16.8. The molecule has 16 heavy (non-hydrogen) atoms. The quantitative estimate of drug-likeness (QED) is 0.504. The van der Waals surface area contributed by atoms with Gasteiger partial charge in [0.25, 0.3) is 0 Å². The summed E-state index contributed by atoms with van der Waals surface area (Å²) < 4.78 is 5.16. The van der Waals surface area contributed by atoms with Gasteiger partial charge in [0.05, 0.1) is 13.2 Å². The summed E-state index contributed by atoms with van der Waals surface area (Å²) in [4.78, 5) is 11.6. The van der Waals surface area contributed by atoms with Crippen LogP contribution in [0.4, 0.5) is 5.69 Å². The molecule has 1 unspecified atom stereocenters. The van der Waals surface area contributed by atoms with Gasteiger partial charge in [-0.25, -0.2) is 0 Å². The lowest BCUT2D eigenvalue weighted by molar-refractivity contribution is -0.118. The molecule has 6 heteroatoms. The standard InChI is InChI=1S/C10H15N3O2S/c1-15-8-4-6(11)2-3-9(8)16-5-7(12)10(13)14/h2-4,7H,5,11-12H2,1H3,(H2,13,14). The molecule has 88 valence electrons. The lowest BCUT2D eigenvalue weighted by atomic mass is 10.3. The Hall–Kier alpha value is -1.40. The largest absolute Gasteiger partial charge is 0.496 e. The molecule has 5 nitrogen and oxygen atoms in total. The van der Waals surface area contributed by atoms with Gasteiger partial charge in [0.2, 0.25) is 5.91 Å². The summed E-state index contributed by atoms with van der Waals surface area (Å²) in [6.45, 7) is 0. The Bertz CT molecular complexity index is 384. The second-order valence-electron chi connectivity index (χ2n) is 3.23. The number of carbonyl (C=O) groups is 1. The second kappa shape index (κ2) is 5.62. The number of primary amides is 1. The molecule has 0 saturated carbocycles. The zero-order valence-electron chi connectivity index (χ0n) is 8.97. The Morgan fingerprint density at radius 3 is 2.81 bits per heavy atom. The van der Waals surface area contributed by atoms with Gasteiger partial charge in [-0.2, -0.15) is 0 Å². The van der Waals surface area contributed by atoms with Crippen LogP contribution in [0.1, 0.15) is 0 Å². The van der Waals surface area contributed by atoms with Gasteiger partial charge in [-0.05, 0) is 12.1 Å². The highest BCUT2D eigenvalue weighted by atomic mass is 32.2. The minimum atomic E-state index is -0.660. The number of benzene rings is 1. The highest BCUT2D eigenvalue weighted by Gasteiger charge is 2.11. The molecule has 0 saturated heterocycles. The van der Waals surface area contributed by atoms with Crippen LogP contribution in [0.5, 0.6) is 5.75 Å². The van der Waals surface area contributed by atoms with Crippen molar-refractivity contribution in [2.75, 3.05) is 18.6 Å². The summed E-state index contributed by atoms with van der Waals surface area (Å²) in [6, 6.07) is 4.65. The molecule has 1 amide bonds. The first-order chi connectivity index (χ1) is 7.54. The second-order valence-corrected chi connectivity index (χ2v) is 4.29. The molecule has 6 N–H and O–H groups in total. The van der Waals surface area contributed by atoms with Crippen molar-refractivity contribution in [3.63, 3.8) is 0 Å². The summed E-state index contributed by atoms with van der Waals surface area (Å²) in [6.07, 6.45) is 0. The van der Waals surface area contributed by atoms with E-state index >= 15 is 0 Å². The van der Waals surface area contributed by atoms with E-state index in [1.54, 1.807) is 19.2 Å². The minimum absolute atomic E-state index is 0.412. The number of carbonyl (C=O) groups excluding carboxylic acids is 1. The highest BCUT2D eigenvalue weighted by molar-refractivity contribution is 7.99. The van der Waals surface area contributed by atoms with Crippen molar-refractivity contribution in [3.05, 3.63) is 18.2 Å². The topological polar surface area (TPSA) is 104 Å². The first-order valence-electron chi connectivity index (χ1n) is 4.65. The third-order valence-electron chi connectivity index (χ3n) is 1.97. The van der Waals surface area contributed by atoms with Crippen LogP contribution in [0.25, 0.3) is 0 Å². The Balaban J connectivity index is 2.70.